The van der Waals surface area contributed by atoms with Gasteiger partial charge in [-0.1, -0.05) is 30.3 Å². The van der Waals surface area contributed by atoms with E-state index in [4.69, 9.17) is 14.2 Å². The van der Waals surface area contributed by atoms with Crippen molar-refractivity contribution >= 4 is 17.8 Å². The Morgan fingerprint density at radius 3 is 2.70 bits per heavy atom. The molecule has 2 atom stereocenters. The highest BCUT2D eigenvalue weighted by Crippen LogP contribution is 2.27. The van der Waals surface area contributed by atoms with Gasteiger partial charge in [-0.15, -0.1) is 0 Å². The second kappa shape index (κ2) is 9.99. The van der Waals surface area contributed by atoms with Gasteiger partial charge in [-0.2, -0.15) is 0 Å². The van der Waals surface area contributed by atoms with E-state index in [0.717, 1.165) is 11.6 Å². The highest BCUT2D eigenvalue weighted by atomic mass is 19.1. The van der Waals surface area contributed by atoms with Gasteiger partial charge in [0.1, 0.15) is 37.4 Å². The number of morpholine rings is 1. The van der Waals surface area contributed by atoms with Crippen molar-refractivity contribution in [1.82, 2.24) is 9.80 Å². The van der Waals surface area contributed by atoms with Crippen LogP contribution >= 0.6 is 0 Å². The highest BCUT2D eigenvalue weighted by Gasteiger charge is 2.37. The number of rotatable bonds is 7. The maximum absolute atomic E-state index is 14.0. The standard InChI is InChI=1S/C24H25FN2O6/c1-16(28)20-8-7-18(11-21(20)25)32-14-19-12-26(9-10-31-19)23(29)13-27-22(15-33-24(27)30)17-5-3-2-4-6-17/h2-8,11,19,22H,9-10,12-15H2,1H3/t19?,22-/m1/s1. The third kappa shape index (κ3) is 5.31. The predicted octanol–water partition coefficient (Wildman–Crippen LogP) is 2.83. The average molecular weight is 456 g/mol. The third-order valence-corrected chi connectivity index (χ3v) is 5.71. The van der Waals surface area contributed by atoms with E-state index in [1.807, 2.05) is 30.3 Å². The summed E-state index contributed by atoms with van der Waals surface area (Å²) in [6.07, 6.45) is -0.921. The maximum atomic E-state index is 14.0. The van der Waals surface area contributed by atoms with Crippen LogP contribution in [0.15, 0.2) is 48.5 Å². The molecular weight excluding hydrogens is 431 g/mol. The van der Waals surface area contributed by atoms with Gasteiger partial charge in [0, 0.05) is 12.6 Å². The van der Waals surface area contributed by atoms with Crippen LogP contribution in [0.2, 0.25) is 0 Å². The molecule has 8 nitrogen and oxygen atoms in total. The Kier molecular flexibility index (Phi) is 6.88. The van der Waals surface area contributed by atoms with Gasteiger partial charge in [0.25, 0.3) is 0 Å². The summed E-state index contributed by atoms with van der Waals surface area (Å²) in [4.78, 5) is 39.6. The molecule has 2 aliphatic heterocycles. The van der Waals surface area contributed by atoms with Crippen molar-refractivity contribution in [3.63, 3.8) is 0 Å². The Morgan fingerprint density at radius 2 is 1.97 bits per heavy atom. The summed E-state index contributed by atoms with van der Waals surface area (Å²) >= 11 is 0. The zero-order valence-electron chi connectivity index (χ0n) is 18.2. The fraction of sp³-hybridized carbons (Fsp3) is 0.375. The van der Waals surface area contributed by atoms with Crippen LogP contribution in [0, 0.1) is 5.82 Å². The van der Waals surface area contributed by atoms with Crippen molar-refractivity contribution in [3.05, 3.63) is 65.5 Å². The van der Waals surface area contributed by atoms with Gasteiger partial charge < -0.3 is 19.1 Å². The number of carbonyl (C=O) groups is 3. The number of cyclic esters (lactones) is 1. The quantitative estimate of drug-likeness (QED) is 0.596. The minimum atomic E-state index is -0.646. The molecule has 2 amide bonds. The number of hydrogen-bond acceptors (Lipinski definition) is 6. The van der Waals surface area contributed by atoms with Gasteiger partial charge in [-0.3, -0.25) is 14.5 Å². The van der Waals surface area contributed by atoms with E-state index in [9.17, 15) is 18.8 Å². The summed E-state index contributed by atoms with van der Waals surface area (Å²) in [5.74, 6) is -0.943. The molecule has 2 heterocycles. The molecule has 2 saturated heterocycles. The van der Waals surface area contributed by atoms with Crippen LogP contribution < -0.4 is 4.74 Å². The van der Waals surface area contributed by atoms with Crippen LogP contribution in [0.4, 0.5) is 9.18 Å². The molecule has 174 valence electrons. The van der Waals surface area contributed by atoms with Crippen molar-refractivity contribution in [2.75, 3.05) is 39.5 Å². The van der Waals surface area contributed by atoms with Crippen molar-refractivity contribution in [2.45, 2.75) is 19.1 Å². The number of carbonyl (C=O) groups excluding carboxylic acids is 3. The van der Waals surface area contributed by atoms with Crippen LogP contribution in [0.5, 0.6) is 5.75 Å². The van der Waals surface area contributed by atoms with Crippen molar-refractivity contribution < 1.29 is 33.0 Å². The van der Waals surface area contributed by atoms with E-state index in [2.05, 4.69) is 0 Å². The molecule has 2 aromatic carbocycles. The minimum Gasteiger partial charge on any atom is -0.491 e. The lowest BCUT2D eigenvalue weighted by Gasteiger charge is -2.34. The SMILES string of the molecule is CC(=O)c1ccc(OCC2CN(C(=O)CN3C(=O)OC[C@@H]3c3ccccc3)CCO2)cc1F. The van der Waals surface area contributed by atoms with Gasteiger partial charge >= 0.3 is 6.09 Å². The first-order valence-electron chi connectivity index (χ1n) is 10.7. The summed E-state index contributed by atoms with van der Waals surface area (Å²) in [5.41, 5.74) is 0.912. The largest absolute Gasteiger partial charge is 0.491 e. The lowest BCUT2D eigenvalue weighted by atomic mass is 10.1. The fourth-order valence-corrected chi connectivity index (χ4v) is 3.93. The summed E-state index contributed by atoms with van der Waals surface area (Å²) < 4.78 is 30.5. The Labute approximate surface area is 190 Å². The van der Waals surface area contributed by atoms with Gasteiger partial charge in [-0.05, 0) is 24.6 Å². The Hall–Kier alpha value is -3.46. The molecule has 0 aliphatic carbocycles. The van der Waals surface area contributed by atoms with E-state index in [1.54, 1.807) is 4.90 Å². The number of Topliss-reactive ketones (excluding diaryl/α,β-unsaturated/α-hetero) is 1. The Bertz CT molecular complexity index is 1030. The minimum absolute atomic E-state index is 0.00212. The van der Waals surface area contributed by atoms with Crippen molar-refractivity contribution in [3.8, 4) is 5.75 Å². The summed E-state index contributed by atoms with van der Waals surface area (Å²) in [6, 6.07) is 13.2. The number of ketones is 1. The topological polar surface area (TPSA) is 85.4 Å². The van der Waals surface area contributed by atoms with Crippen molar-refractivity contribution in [1.29, 1.82) is 0 Å². The molecule has 0 saturated carbocycles. The monoisotopic (exact) mass is 456 g/mol. The first kappa shape index (κ1) is 22.7. The molecule has 9 heteroatoms. The van der Waals surface area contributed by atoms with E-state index in [0.29, 0.717) is 13.2 Å². The molecular formula is C24H25FN2O6. The molecule has 33 heavy (non-hydrogen) atoms. The number of nitrogens with zero attached hydrogens (tertiary/aromatic N) is 2. The fourth-order valence-electron chi connectivity index (χ4n) is 3.93. The number of halogens is 1. The molecule has 2 aromatic rings. The molecule has 2 fully saturated rings. The molecule has 0 radical (unpaired) electrons. The second-order valence-corrected chi connectivity index (χ2v) is 7.97. The van der Waals surface area contributed by atoms with Gasteiger partial charge in [-0.25, -0.2) is 9.18 Å². The number of amides is 2. The first-order valence-corrected chi connectivity index (χ1v) is 10.7. The Morgan fingerprint density at radius 1 is 1.18 bits per heavy atom. The van der Waals surface area contributed by atoms with E-state index < -0.39 is 18.0 Å². The molecule has 0 aromatic heterocycles. The van der Waals surface area contributed by atoms with Gasteiger partial charge in [0.2, 0.25) is 5.91 Å². The molecule has 4 rings (SSSR count). The average Bonchev–Trinajstić information content (AvgIpc) is 3.18. The molecule has 0 bridgehead atoms. The van der Waals surface area contributed by atoms with Crippen LogP contribution in [0.1, 0.15) is 28.9 Å². The molecule has 0 spiro atoms. The lowest BCUT2D eigenvalue weighted by Crippen LogP contribution is -2.50. The third-order valence-electron chi connectivity index (χ3n) is 5.71. The second-order valence-electron chi connectivity index (χ2n) is 7.97. The molecule has 0 N–H and O–H groups in total. The van der Waals surface area contributed by atoms with E-state index in [-0.39, 0.29) is 55.3 Å². The first-order chi connectivity index (χ1) is 15.9. The summed E-state index contributed by atoms with van der Waals surface area (Å²) in [7, 11) is 0. The zero-order chi connectivity index (χ0) is 23.4. The Balaban J connectivity index is 1.33. The van der Waals surface area contributed by atoms with Crippen LogP contribution in [-0.4, -0.2) is 73.1 Å². The van der Waals surface area contributed by atoms with E-state index >= 15 is 0 Å². The summed E-state index contributed by atoms with van der Waals surface area (Å²) in [5, 5.41) is 0. The van der Waals surface area contributed by atoms with Crippen molar-refractivity contribution in [2.24, 2.45) is 0 Å². The van der Waals surface area contributed by atoms with E-state index in [1.165, 1.54) is 24.0 Å². The smallest absolute Gasteiger partial charge is 0.410 e. The van der Waals surface area contributed by atoms with Crippen LogP contribution in [0.3, 0.4) is 0 Å². The number of benzene rings is 2. The van der Waals surface area contributed by atoms with Gasteiger partial charge in [0.15, 0.2) is 5.78 Å². The number of ether oxygens (including phenoxy) is 3. The highest BCUT2D eigenvalue weighted by molar-refractivity contribution is 5.94. The van der Waals surface area contributed by atoms with Crippen LogP contribution in [0.25, 0.3) is 0 Å². The van der Waals surface area contributed by atoms with Gasteiger partial charge in [0.05, 0.1) is 24.8 Å². The normalized spacial score (nSPS) is 20.5. The predicted molar refractivity (Wildman–Crippen MR) is 115 cm³/mol. The molecule has 2 aliphatic rings. The van der Waals surface area contributed by atoms with Crippen LogP contribution in [-0.2, 0) is 14.3 Å². The lowest BCUT2D eigenvalue weighted by molar-refractivity contribution is -0.140. The maximum Gasteiger partial charge on any atom is 0.410 e. The zero-order valence-corrected chi connectivity index (χ0v) is 18.2. The number of hydrogen-bond donors (Lipinski definition) is 0. The molecule has 1 unspecified atom stereocenters. The summed E-state index contributed by atoms with van der Waals surface area (Å²) in [6.45, 7) is 2.52.